The highest BCUT2D eigenvalue weighted by molar-refractivity contribution is 5.86. The van der Waals surface area contributed by atoms with Crippen molar-refractivity contribution in [3.63, 3.8) is 0 Å². The van der Waals surface area contributed by atoms with Crippen LogP contribution < -0.4 is 5.32 Å². The zero-order valence-corrected chi connectivity index (χ0v) is 14.7. The summed E-state index contributed by atoms with van der Waals surface area (Å²) < 4.78 is 11.3. The molecule has 2 atom stereocenters. The Morgan fingerprint density at radius 1 is 1.17 bits per heavy atom. The summed E-state index contributed by atoms with van der Waals surface area (Å²) in [4.78, 5) is 14.9. The van der Waals surface area contributed by atoms with E-state index < -0.39 is 0 Å². The molecule has 24 heavy (non-hydrogen) atoms. The standard InChI is InChI=1S/C19H28N2O3/c1-14-6-5-7-15(2)18(14)20-19(22)24-17-9-4-3-8-16(17)21-10-12-23-13-11-21/h5-7,16-17H,3-4,8-13H2,1-2H3,(H,20,22). The van der Waals surface area contributed by atoms with E-state index in [4.69, 9.17) is 9.47 Å². The number of ether oxygens (including phenoxy) is 2. The maximum atomic E-state index is 12.4. The summed E-state index contributed by atoms with van der Waals surface area (Å²) in [6.07, 6.45) is 4.02. The van der Waals surface area contributed by atoms with Crippen LogP contribution in [-0.2, 0) is 9.47 Å². The molecule has 1 N–H and O–H groups in total. The van der Waals surface area contributed by atoms with Gasteiger partial charge in [-0.3, -0.25) is 10.2 Å². The molecule has 1 heterocycles. The SMILES string of the molecule is Cc1cccc(C)c1NC(=O)OC1CCCCC1N1CCOCC1. The zero-order valence-electron chi connectivity index (χ0n) is 14.7. The number of nitrogens with one attached hydrogen (secondary N) is 1. The summed E-state index contributed by atoms with van der Waals surface area (Å²) in [7, 11) is 0. The van der Waals surface area contributed by atoms with Crippen LogP contribution in [0.2, 0.25) is 0 Å². The molecule has 0 radical (unpaired) electrons. The van der Waals surface area contributed by atoms with Gasteiger partial charge in [-0.25, -0.2) is 4.79 Å². The fourth-order valence-corrected chi connectivity index (χ4v) is 3.82. The first-order chi connectivity index (χ1) is 11.6. The average molecular weight is 332 g/mol. The minimum atomic E-state index is -0.336. The van der Waals surface area contributed by atoms with Crippen molar-refractivity contribution >= 4 is 11.8 Å². The molecule has 1 aliphatic heterocycles. The first-order valence-corrected chi connectivity index (χ1v) is 9.01. The van der Waals surface area contributed by atoms with E-state index in [0.717, 1.165) is 62.4 Å². The summed E-state index contributed by atoms with van der Waals surface area (Å²) in [6.45, 7) is 7.42. The second kappa shape index (κ2) is 7.99. The molecular weight excluding hydrogens is 304 g/mol. The Balaban J connectivity index is 1.63. The number of carbonyl (C=O) groups is 1. The van der Waals surface area contributed by atoms with Crippen molar-refractivity contribution in [2.45, 2.75) is 51.7 Å². The molecular formula is C19H28N2O3. The summed E-state index contributed by atoms with van der Waals surface area (Å²) in [6, 6.07) is 6.32. The number of carbonyl (C=O) groups excluding carboxylic acids is 1. The summed E-state index contributed by atoms with van der Waals surface area (Å²) in [5, 5.41) is 2.94. The van der Waals surface area contributed by atoms with Crippen molar-refractivity contribution < 1.29 is 14.3 Å². The number of nitrogens with zero attached hydrogens (tertiary/aromatic N) is 1. The number of rotatable bonds is 3. The zero-order chi connectivity index (χ0) is 16.9. The first-order valence-electron chi connectivity index (χ1n) is 9.01. The van der Waals surface area contributed by atoms with Gasteiger partial charge in [-0.05, 0) is 44.2 Å². The Morgan fingerprint density at radius 3 is 2.54 bits per heavy atom. The molecule has 5 nitrogen and oxygen atoms in total. The van der Waals surface area contributed by atoms with Gasteiger partial charge in [0.2, 0.25) is 0 Å². The van der Waals surface area contributed by atoms with Gasteiger partial charge in [-0.2, -0.15) is 0 Å². The molecule has 1 saturated heterocycles. The van der Waals surface area contributed by atoms with Gasteiger partial charge in [0, 0.05) is 24.8 Å². The van der Waals surface area contributed by atoms with Crippen LogP contribution >= 0.6 is 0 Å². The molecule has 1 aromatic rings. The number of hydrogen-bond acceptors (Lipinski definition) is 4. The van der Waals surface area contributed by atoms with Gasteiger partial charge in [-0.15, -0.1) is 0 Å². The molecule has 1 aliphatic carbocycles. The monoisotopic (exact) mass is 332 g/mol. The van der Waals surface area contributed by atoms with Crippen molar-refractivity contribution in [3.8, 4) is 0 Å². The van der Waals surface area contributed by atoms with Crippen molar-refractivity contribution in [2.75, 3.05) is 31.6 Å². The van der Waals surface area contributed by atoms with Gasteiger partial charge in [0.05, 0.1) is 13.2 Å². The lowest BCUT2D eigenvalue weighted by Gasteiger charge is -2.40. The predicted octanol–water partition coefficient (Wildman–Crippen LogP) is 3.50. The van der Waals surface area contributed by atoms with E-state index in [1.165, 1.54) is 6.42 Å². The van der Waals surface area contributed by atoms with E-state index >= 15 is 0 Å². The number of benzene rings is 1. The lowest BCUT2D eigenvalue weighted by Crippen LogP contribution is -2.51. The van der Waals surface area contributed by atoms with Crippen molar-refractivity contribution in [2.24, 2.45) is 0 Å². The number of para-hydroxylation sites is 1. The topological polar surface area (TPSA) is 50.8 Å². The highest BCUT2D eigenvalue weighted by Gasteiger charge is 2.33. The van der Waals surface area contributed by atoms with Crippen LogP contribution in [-0.4, -0.2) is 49.4 Å². The van der Waals surface area contributed by atoms with Crippen LogP contribution in [0, 0.1) is 13.8 Å². The van der Waals surface area contributed by atoms with E-state index in [0.29, 0.717) is 6.04 Å². The second-order valence-corrected chi connectivity index (χ2v) is 6.84. The van der Waals surface area contributed by atoms with E-state index in [-0.39, 0.29) is 12.2 Å². The number of hydrogen-bond donors (Lipinski definition) is 1. The van der Waals surface area contributed by atoms with E-state index in [2.05, 4.69) is 10.2 Å². The highest BCUT2D eigenvalue weighted by atomic mass is 16.6. The molecule has 1 aromatic carbocycles. The van der Waals surface area contributed by atoms with Gasteiger partial charge in [0.15, 0.2) is 0 Å². The third-order valence-corrected chi connectivity index (χ3v) is 5.15. The van der Waals surface area contributed by atoms with Crippen molar-refractivity contribution in [3.05, 3.63) is 29.3 Å². The van der Waals surface area contributed by atoms with E-state index in [1.807, 2.05) is 32.0 Å². The summed E-state index contributed by atoms with van der Waals surface area (Å²) in [5.74, 6) is 0. The second-order valence-electron chi connectivity index (χ2n) is 6.84. The van der Waals surface area contributed by atoms with Crippen LogP contribution in [0.15, 0.2) is 18.2 Å². The molecule has 0 bridgehead atoms. The van der Waals surface area contributed by atoms with E-state index in [1.54, 1.807) is 0 Å². The largest absolute Gasteiger partial charge is 0.444 e. The lowest BCUT2D eigenvalue weighted by molar-refractivity contribution is -0.0386. The molecule has 0 spiro atoms. The number of morpholine rings is 1. The molecule has 3 rings (SSSR count). The minimum Gasteiger partial charge on any atom is -0.444 e. The molecule has 2 unspecified atom stereocenters. The van der Waals surface area contributed by atoms with Gasteiger partial charge in [0.25, 0.3) is 0 Å². The highest BCUT2D eigenvalue weighted by Crippen LogP contribution is 2.27. The molecule has 2 aliphatic rings. The molecule has 1 amide bonds. The maximum Gasteiger partial charge on any atom is 0.411 e. The van der Waals surface area contributed by atoms with Gasteiger partial charge < -0.3 is 9.47 Å². The molecule has 2 fully saturated rings. The number of aryl methyl sites for hydroxylation is 2. The van der Waals surface area contributed by atoms with Crippen LogP contribution in [0.5, 0.6) is 0 Å². The van der Waals surface area contributed by atoms with Gasteiger partial charge >= 0.3 is 6.09 Å². The fraction of sp³-hybridized carbons (Fsp3) is 0.632. The average Bonchev–Trinajstić information content (AvgIpc) is 2.60. The van der Waals surface area contributed by atoms with Crippen molar-refractivity contribution in [1.29, 1.82) is 0 Å². The quantitative estimate of drug-likeness (QED) is 0.920. The van der Waals surface area contributed by atoms with Gasteiger partial charge in [0.1, 0.15) is 6.10 Å². The smallest absolute Gasteiger partial charge is 0.411 e. The Bertz CT molecular complexity index is 549. The third kappa shape index (κ3) is 4.08. The number of anilines is 1. The van der Waals surface area contributed by atoms with E-state index in [9.17, 15) is 4.79 Å². The Labute approximate surface area is 144 Å². The third-order valence-electron chi connectivity index (χ3n) is 5.15. The summed E-state index contributed by atoms with van der Waals surface area (Å²) in [5.41, 5.74) is 2.97. The molecule has 132 valence electrons. The van der Waals surface area contributed by atoms with Crippen LogP contribution in [0.25, 0.3) is 0 Å². The molecule has 5 heteroatoms. The Hall–Kier alpha value is -1.59. The first kappa shape index (κ1) is 17.2. The van der Waals surface area contributed by atoms with Crippen molar-refractivity contribution in [1.82, 2.24) is 4.90 Å². The minimum absolute atomic E-state index is 0.0267. The normalized spacial score (nSPS) is 25.2. The van der Waals surface area contributed by atoms with Gasteiger partial charge in [-0.1, -0.05) is 24.6 Å². The molecule has 1 saturated carbocycles. The lowest BCUT2D eigenvalue weighted by atomic mass is 9.91. The summed E-state index contributed by atoms with van der Waals surface area (Å²) >= 11 is 0. The van der Waals surface area contributed by atoms with Crippen LogP contribution in [0.4, 0.5) is 10.5 Å². The van der Waals surface area contributed by atoms with Crippen LogP contribution in [0.3, 0.4) is 0 Å². The Morgan fingerprint density at radius 2 is 1.83 bits per heavy atom. The molecule has 0 aromatic heterocycles. The van der Waals surface area contributed by atoms with Crippen LogP contribution in [0.1, 0.15) is 36.8 Å². The Kier molecular flexibility index (Phi) is 5.74. The fourth-order valence-electron chi connectivity index (χ4n) is 3.82. The predicted molar refractivity (Wildman–Crippen MR) is 94.5 cm³/mol. The number of amides is 1. The maximum absolute atomic E-state index is 12.4.